The van der Waals surface area contributed by atoms with E-state index in [1.807, 2.05) is 0 Å². The Balaban J connectivity index is 2.99. The van der Waals surface area contributed by atoms with Gasteiger partial charge in [-0.25, -0.2) is 4.39 Å². The normalized spacial score (nSPS) is 14.4. The predicted octanol–water partition coefficient (Wildman–Crippen LogP) is 2.31. The topological polar surface area (TPSA) is 12.9 Å². The summed E-state index contributed by atoms with van der Waals surface area (Å²) in [6.07, 6.45) is 1.35. The van der Waals surface area contributed by atoms with Crippen LogP contribution in [0.5, 0.6) is 0 Å². The lowest BCUT2D eigenvalue weighted by molar-refractivity contribution is 0.476. The predicted molar refractivity (Wildman–Crippen MR) is 36.7 cm³/mol. The van der Waals surface area contributed by atoms with Crippen LogP contribution in [0.3, 0.4) is 0 Å². The molecule has 1 rings (SSSR count). The van der Waals surface area contributed by atoms with Crippen molar-refractivity contribution in [1.82, 2.24) is 4.98 Å². The molecule has 0 atom stereocenters. The Kier molecular flexibility index (Phi) is 1.42. The van der Waals surface area contributed by atoms with Crippen LogP contribution in [0.15, 0.2) is 22.8 Å². The average molecular weight is 192 g/mol. The lowest BCUT2D eigenvalue weighted by Gasteiger charge is -1.90. The van der Waals surface area contributed by atoms with E-state index in [2.05, 4.69) is 20.9 Å². The molecule has 0 fully saturated rings. The molecule has 9 heavy (non-hydrogen) atoms. The van der Waals surface area contributed by atoms with Crippen LogP contribution in [0, 0.1) is 0 Å². The van der Waals surface area contributed by atoms with E-state index in [9.17, 15) is 4.39 Å². The second kappa shape index (κ2) is 2.92. The molecular formula is C6H5BrFN. The molecule has 0 amide bonds. The Morgan fingerprint density at radius 2 is 2.56 bits per heavy atom. The van der Waals surface area contributed by atoms with Gasteiger partial charge in [-0.3, -0.25) is 4.98 Å². The maximum atomic E-state index is 12.5. The third-order valence-corrected chi connectivity index (χ3v) is 1.29. The molecule has 3 heteroatoms. The number of alkyl halides is 1. The van der Waals surface area contributed by atoms with E-state index in [0.717, 1.165) is 0 Å². The monoisotopic (exact) mass is 191 g/mol. The second-order valence-corrected chi connectivity index (χ2v) is 2.37. The van der Waals surface area contributed by atoms with Crippen LogP contribution >= 0.6 is 15.9 Å². The van der Waals surface area contributed by atoms with Gasteiger partial charge in [-0.1, -0.05) is 0 Å². The number of nitrogens with zero attached hydrogens (tertiary/aromatic N) is 1. The van der Waals surface area contributed by atoms with Gasteiger partial charge in [-0.2, -0.15) is 0 Å². The minimum absolute atomic E-state index is 0.208. The Bertz CT molecular complexity index is 244. The van der Waals surface area contributed by atoms with Crippen molar-refractivity contribution in [1.29, 1.82) is 0 Å². The molecule has 0 aliphatic heterocycles. The molecule has 0 saturated heterocycles. The van der Waals surface area contributed by atoms with Gasteiger partial charge in [-0.05, 0) is 28.1 Å². The molecule has 48 valence electrons. The molecule has 1 aromatic heterocycles. The first-order valence-corrected chi connectivity index (χ1v) is 3.10. The second-order valence-electron chi connectivity index (χ2n) is 1.46. The molecule has 0 aliphatic carbocycles. The van der Waals surface area contributed by atoms with Crippen molar-refractivity contribution < 1.29 is 7.13 Å². The quantitative estimate of drug-likeness (QED) is 0.665. The Morgan fingerprint density at radius 1 is 1.78 bits per heavy atom. The zero-order valence-electron chi connectivity index (χ0n) is 6.44. The fraction of sp³-hybridized carbons (Fsp3) is 0.167. The minimum atomic E-state index is -2.85. The van der Waals surface area contributed by atoms with Crippen molar-refractivity contribution in [2.75, 3.05) is 0 Å². The third-order valence-electron chi connectivity index (χ3n) is 0.824. The van der Waals surface area contributed by atoms with Crippen LogP contribution in [0.1, 0.15) is 8.44 Å². The van der Waals surface area contributed by atoms with E-state index < -0.39 is 6.63 Å². The summed E-state index contributed by atoms with van der Waals surface area (Å²) in [7, 11) is 0. The summed E-state index contributed by atoms with van der Waals surface area (Å²) in [5.74, 6) is 0. The summed E-state index contributed by atoms with van der Waals surface area (Å²) in [6, 6.07) is 2.84. The first kappa shape index (κ1) is 4.39. The Hall–Kier alpha value is -0.440. The smallest absolute Gasteiger partial charge is 0.131 e. The van der Waals surface area contributed by atoms with Gasteiger partial charge in [-0.15, -0.1) is 0 Å². The SMILES string of the molecule is [2H]C([2H])(F)c1ccc(Br)cn1. The highest BCUT2D eigenvalue weighted by Crippen LogP contribution is 2.07. The van der Waals surface area contributed by atoms with Crippen LogP contribution in [-0.2, 0) is 6.63 Å². The van der Waals surface area contributed by atoms with Crippen molar-refractivity contribution in [3.05, 3.63) is 28.5 Å². The van der Waals surface area contributed by atoms with Crippen molar-refractivity contribution in [3.8, 4) is 0 Å². The zero-order chi connectivity index (χ0) is 8.48. The number of halogens is 2. The van der Waals surface area contributed by atoms with Gasteiger partial charge in [0.15, 0.2) is 0 Å². The number of pyridine rings is 1. The van der Waals surface area contributed by atoms with Crippen LogP contribution < -0.4 is 0 Å². The van der Waals surface area contributed by atoms with Crippen molar-refractivity contribution in [2.24, 2.45) is 0 Å². The van der Waals surface area contributed by atoms with Crippen LogP contribution in [0.4, 0.5) is 4.39 Å². The number of aromatic nitrogens is 1. The maximum Gasteiger partial charge on any atom is 0.131 e. The van der Waals surface area contributed by atoms with Gasteiger partial charge in [0.1, 0.15) is 6.63 Å². The van der Waals surface area contributed by atoms with E-state index >= 15 is 0 Å². The molecule has 0 N–H and O–H groups in total. The van der Waals surface area contributed by atoms with E-state index in [1.165, 1.54) is 12.3 Å². The summed E-state index contributed by atoms with van der Waals surface area (Å²) in [5.41, 5.74) is -0.208. The Labute approximate surface area is 63.9 Å². The average Bonchev–Trinajstić information content (AvgIpc) is 1.86. The molecule has 0 spiro atoms. The van der Waals surface area contributed by atoms with Gasteiger partial charge >= 0.3 is 0 Å². The molecule has 0 bridgehead atoms. The molecular weight excluding hydrogens is 185 g/mol. The molecule has 1 aromatic rings. The van der Waals surface area contributed by atoms with E-state index in [0.29, 0.717) is 4.47 Å². The first-order valence-electron chi connectivity index (χ1n) is 3.31. The van der Waals surface area contributed by atoms with Gasteiger partial charge in [0.05, 0.1) is 8.44 Å². The number of hydrogen-bond acceptors (Lipinski definition) is 1. The molecule has 1 nitrogen and oxygen atoms in total. The van der Waals surface area contributed by atoms with Gasteiger partial charge in [0.25, 0.3) is 0 Å². The van der Waals surface area contributed by atoms with Gasteiger partial charge in [0.2, 0.25) is 0 Å². The standard InChI is InChI=1S/C6H5BrFN/c7-5-1-2-6(3-8)9-4-5/h1-2,4H,3H2/i3D2. The van der Waals surface area contributed by atoms with Crippen LogP contribution in [-0.4, -0.2) is 4.98 Å². The summed E-state index contributed by atoms with van der Waals surface area (Å²) < 4.78 is 26.5. The van der Waals surface area contributed by atoms with Gasteiger partial charge in [0, 0.05) is 10.7 Å². The molecule has 0 saturated carbocycles. The van der Waals surface area contributed by atoms with Crippen molar-refractivity contribution in [2.45, 2.75) is 6.63 Å². The first-order chi connectivity index (χ1) is 5.00. The summed E-state index contributed by atoms with van der Waals surface area (Å²) in [6.45, 7) is -2.85. The summed E-state index contributed by atoms with van der Waals surface area (Å²) >= 11 is 3.10. The highest BCUT2D eigenvalue weighted by molar-refractivity contribution is 9.10. The number of rotatable bonds is 1. The summed E-state index contributed by atoms with van der Waals surface area (Å²) in [4.78, 5) is 3.55. The van der Waals surface area contributed by atoms with Crippen molar-refractivity contribution in [3.63, 3.8) is 0 Å². The molecule has 0 unspecified atom stereocenters. The molecule has 0 aromatic carbocycles. The van der Waals surface area contributed by atoms with Crippen LogP contribution in [0.25, 0.3) is 0 Å². The van der Waals surface area contributed by atoms with E-state index in [4.69, 9.17) is 2.74 Å². The highest BCUT2D eigenvalue weighted by atomic mass is 79.9. The van der Waals surface area contributed by atoms with Crippen LogP contribution in [0.2, 0.25) is 0 Å². The number of hydrogen-bond donors (Lipinski definition) is 0. The highest BCUT2D eigenvalue weighted by Gasteiger charge is 1.89. The van der Waals surface area contributed by atoms with E-state index in [-0.39, 0.29) is 5.69 Å². The lowest BCUT2D eigenvalue weighted by Crippen LogP contribution is -1.82. The lowest BCUT2D eigenvalue weighted by atomic mass is 10.4. The largest absolute Gasteiger partial charge is 0.257 e. The maximum absolute atomic E-state index is 12.5. The summed E-state index contributed by atoms with van der Waals surface area (Å²) in [5, 5.41) is 0. The zero-order valence-corrected chi connectivity index (χ0v) is 6.02. The Morgan fingerprint density at radius 3 is 3.00 bits per heavy atom. The fourth-order valence-electron chi connectivity index (χ4n) is 0.432. The van der Waals surface area contributed by atoms with Crippen molar-refractivity contribution >= 4 is 15.9 Å². The minimum Gasteiger partial charge on any atom is -0.257 e. The third kappa shape index (κ3) is 1.75. The molecule has 0 radical (unpaired) electrons. The fourth-order valence-corrected chi connectivity index (χ4v) is 0.666. The molecule has 1 heterocycles. The van der Waals surface area contributed by atoms with E-state index in [1.54, 1.807) is 6.07 Å². The molecule has 0 aliphatic rings. The van der Waals surface area contributed by atoms with Gasteiger partial charge < -0.3 is 0 Å².